The smallest absolute Gasteiger partial charge is 0.119 e. The van der Waals surface area contributed by atoms with E-state index in [-0.39, 0.29) is 0 Å². The molecular weight excluding hydrogens is 262 g/mol. The first-order valence-corrected chi connectivity index (χ1v) is 8.06. The Balaban J connectivity index is 2.00. The zero-order valence-electron chi connectivity index (χ0n) is 13.6. The molecule has 1 aliphatic heterocycles. The van der Waals surface area contributed by atoms with Crippen molar-refractivity contribution in [3.8, 4) is 5.75 Å². The number of hydrogen-bond donors (Lipinski definition) is 3. The summed E-state index contributed by atoms with van der Waals surface area (Å²) in [5, 5.41) is 3.46. The van der Waals surface area contributed by atoms with Crippen LogP contribution >= 0.6 is 0 Å². The lowest BCUT2D eigenvalue weighted by molar-refractivity contribution is 0.271. The Morgan fingerprint density at radius 3 is 2.52 bits per heavy atom. The maximum atomic E-state index is 5.75. The summed E-state index contributed by atoms with van der Waals surface area (Å²) in [6, 6.07) is 9.31. The van der Waals surface area contributed by atoms with Crippen molar-refractivity contribution in [2.24, 2.45) is 11.8 Å². The Morgan fingerprint density at radius 1 is 1.19 bits per heavy atom. The first-order chi connectivity index (χ1) is 10.1. The summed E-state index contributed by atoms with van der Waals surface area (Å²) in [6.45, 7) is 11.5. The van der Waals surface area contributed by atoms with Gasteiger partial charge in [0.25, 0.3) is 0 Å². The topological polar surface area (TPSA) is 45.3 Å². The van der Waals surface area contributed by atoms with Gasteiger partial charge in [0.2, 0.25) is 0 Å². The third-order valence-corrected chi connectivity index (χ3v) is 3.99. The summed E-state index contributed by atoms with van der Waals surface area (Å²) in [7, 11) is 0. The van der Waals surface area contributed by atoms with E-state index in [1.54, 1.807) is 0 Å². The standard InChI is InChI=1S/C17H29N3O/c1-5-18-10-16-13(4)19-20-17(16)14-6-8-15(9-7-14)21-11-12(2)3/h6-9,12-13,16-20H,5,10-11H2,1-4H3. The quantitative estimate of drug-likeness (QED) is 0.722. The van der Waals surface area contributed by atoms with Crippen LogP contribution in [0.5, 0.6) is 5.75 Å². The van der Waals surface area contributed by atoms with Gasteiger partial charge in [-0.1, -0.05) is 32.9 Å². The first kappa shape index (κ1) is 16.3. The lowest BCUT2D eigenvalue weighted by atomic mass is 9.90. The average molecular weight is 291 g/mol. The van der Waals surface area contributed by atoms with Crippen LogP contribution in [0.25, 0.3) is 0 Å². The van der Waals surface area contributed by atoms with Gasteiger partial charge < -0.3 is 10.1 Å². The Morgan fingerprint density at radius 2 is 1.90 bits per heavy atom. The summed E-state index contributed by atoms with van der Waals surface area (Å²) in [6.07, 6.45) is 0. The van der Waals surface area contributed by atoms with Crippen molar-refractivity contribution >= 4 is 0 Å². The second-order valence-corrected chi connectivity index (χ2v) is 6.30. The molecule has 0 saturated carbocycles. The SMILES string of the molecule is CCNCC1C(C)NNC1c1ccc(OCC(C)C)cc1. The average Bonchev–Trinajstić information content (AvgIpc) is 2.84. The van der Waals surface area contributed by atoms with E-state index in [2.05, 4.69) is 68.1 Å². The minimum atomic E-state index is 0.346. The number of rotatable bonds is 7. The molecule has 4 heteroatoms. The van der Waals surface area contributed by atoms with Gasteiger partial charge >= 0.3 is 0 Å². The number of nitrogens with one attached hydrogen (secondary N) is 3. The van der Waals surface area contributed by atoms with Gasteiger partial charge in [-0.3, -0.25) is 5.43 Å². The van der Waals surface area contributed by atoms with Gasteiger partial charge in [-0.25, -0.2) is 5.43 Å². The van der Waals surface area contributed by atoms with E-state index in [0.29, 0.717) is 23.9 Å². The van der Waals surface area contributed by atoms with Gasteiger partial charge in [0, 0.05) is 18.5 Å². The Kier molecular flexibility index (Phi) is 6.03. The molecule has 0 amide bonds. The lowest BCUT2D eigenvalue weighted by Crippen LogP contribution is -2.32. The van der Waals surface area contributed by atoms with Crippen LogP contribution in [-0.4, -0.2) is 25.7 Å². The van der Waals surface area contributed by atoms with E-state index in [9.17, 15) is 0 Å². The Bertz CT molecular complexity index is 419. The number of benzene rings is 1. The molecule has 3 atom stereocenters. The maximum Gasteiger partial charge on any atom is 0.119 e. The summed E-state index contributed by atoms with van der Waals surface area (Å²) < 4.78 is 5.75. The molecule has 4 nitrogen and oxygen atoms in total. The van der Waals surface area contributed by atoms with Crippen molar-refractivity contribution in [1.29, 1.82) is 0 Å². The highest BCUT2D eigenvalue weighted by Crippen LogP contribution is 2.29. The minimum absolute atomic E-state index is 0.346. The van der Waals surface area contributed by atoms with Crippen molar-refractivity contribution < 1.29 is 4.74 Å². The van der Waals surface area contributed by atoms with Crippen LogP contribution in [0.1, 0.15) is 39.3 Å². The molecule has 1 saturated heterocycles. The summed E-state index contributed by atoms with van der Waals surface area (Å²) >= 11 is 0. The van der Waals surface area contributed by atoms with Crippen LogP contribution in [0.4, 0.5) is 0 Å². The van der Waals surface area contributed by atoms with Crippen LogP contribution in [0, 0.1) is 11.8 Å². The van der Waals surface area contributed by atoms with Gasteiger partial charge in [0.1, 0.15) is 5.75 Å². The fourth-order valence-electron chi connectivity index (χ4n) is 2.69. The third-order valence-electron chi connectivity index (χ3n) is 3.99. The minimum Gasteiger partial charge on any atom is -0.493 e. The van der Waals surface area contributed by atoms with E-state index in [4.69, 9.17) is 4.74 Å². The van der Waals surface area contributed by atoms with Gasteiger partial charge in [-0.15, -0.1) is 0 Å². The third kappa shape index (κ3) is 4.43. The van der Waals surface area contributed by atoms with Gasteiger partial charge in [-0.2, -0.15) is 0 Å². The highest BCUT2D eigenvalue weighted by Gasteiger charge is 2.33. The molecular formula is C17H29N3O. The van der Waals surface area contributed by atoms with Crippen LogP contribution < -0.4 is 20.9 Å². The molecule has 1 aromatic carbocycles. The summed E-state index contributed by atoms with van der Waals surface area (Å²) in [5.41, 5.74) is 8.09. The molecule has 3 N–H and O–H groups in total. The van der Waals surface area contributed by atoms with Gasteiger partial charge in [-0.05, 0) is 37.1 Å². The van der Waals surface area contributed by atoms with Crippen molar-refractivity contribution in [2.75, 3.05) is 19.7 Å². The molecule has 0 aliphatic carbocycles. The molecule has 0 radical (unpaired) electrons. The molecule has 1 aliphatic rings. The normalized spacial score (nSPS) is 25.5. The summed E-state index contributed by atoms with van der Waals surface area (Å²) in [5.74, 6) is 2.05. The molecule has 1 fully saturated rings. The van der Waals surface area contributed by atoms with Crippen LogP contribution in [0.2, 0.25) is 0 Å². The molecule has 2 rings (SSSR count). The predicted molar refractivity (Wildman–Crippen MR) is 87.3 cm³/mol. The molecule has 21 heavy (non-hydrogen) atoms. The van der Waals surface area contributed by atoms with E-state index in [1.807, 2.05) is 0 Å². The van der Waals surface area contributed by atoms with E-state index in [1.165, 1.54) is 5.56 Å². The molecule has 0 aromatic heterocycles. The first-order valence-electron chi connectivity index (χ1n) is 8.06. The van der Waals surface area contributed by atoms with Crippen molar-refractivity contribution in [1.82, 2.24) is 16.2 Å². The highest BCUT2D eigenvalue weighted by molar-refractivity contribution is 5.30. The molecule has 118 valence electrons. The van der Waals surface area contributed by atoms with E-state index in [0.717, 1.165) is 25.4 Å². The zero-order valence-corrected chi connectivity index (χ0v) is 13.6. The van der Waals surface area contributed by atoms with Crippen LogP contribution in [0.15, 0.2) is 24.3 Å². The number of hydrogen-bond acceptors (Lipinski definition) is 4. The van der Waals surface area contributed by atoms with Crippen LogP contribution in [-0.2, 0) is 0 Å². The predicted octanol–water partition coefficient (Wildman–Crippen LogP) is 2.48. The highest BCUT2D eigenvalue weighted by atomic mass is 16.5. The molecule has 0 bridgehead atoms. The van der Waals surface area contributed by atoms with Crippen molar-refractivity contribution in [3.05, 3.63) is 29.8 Å². The Hall–Kier alpha value is -1.10. The molecule has 1 aromatic rings. The van der Waals surface area contributed by atoms with Crippen molar-refractivity contribution in [3.63, 3.8) is 0 Å². The summed E-state index contributed by atoms with van der Waals surface area (Å²) in [4.78, 5) is 0. The second-order valence-electron chi connectivity index (χ2n) is 6.30. The number of hydrazine groups is 1. The lowest BCUT2D eigenvalue weighted by Gasteiger charge is -2.21. The van der Waals surface area contributed by atoms with Gasteiger partial charge in [0.15, 0.2) is 0 Å². The molecule has 0 spiro atoms. The van der Waals surface area contributed by atoms with E-state index >= 15 is 0 Å². The van der Waals surface area contributed by atoms with E-state index < -0.39 is 0 Å². The largest absolute Gasteiger partial charge is 0.493 e. The van der Waals surface area contributed by atoms with Gasteiger partial charge in [0.05, 0.1) is 12.6 Å². The number of ether oxygens (including phenoxy) is 1. The zero-order chi connectivity index (χ0) is 15.2. The molecule has 1 heterocycles. The maximum absolute atomic E-state index is 5.75. The fraction of sp³-hybridized carbons (Fsp3) is 0.647. The fourth-order valence-corrected chi connectivity index (χ4v) is 2.69. The monoisotopic (exact) mass is 291 g/mol. The molecule has 3 unspecified atom stereocenters. The Labute approximate surface area is 128 Å². The second kappa shape index (κ2) is 7.78. The van der Waals surface area contributed by atoms with Crippen molar-refractivity contribution in [2.45, 2.75) is 39.8 Å². The van der Waals surface area contributed by atoms with Crippen LogP contribution in [0.3, 0.4) is 0 Å².